The first-order valence-electron chi connectivity index (χ1n) is 2.60. The van der Waals surface area contributed by atoms with Crippen LogP contribution in [0.1, 0.15) is 6.92 Å². The van der Waals surface area contributed by atoms with Crippen molar-refractivity contribution in [2.24, 2.45) is 0 Å². The van der Waals surface area contributed by atoms with Gasteiger partial charge in [-0.15, -0.1) is 0 Å². The topological polar surface area (TPSA) is 53.0 Å². The van der Waals surface area contributed by atoms with Gasteiger partial charge in [-0.2, -0.15) is 0 Å². The molecule has 0 unspecified atom stereocenters. The Balaban J connectivity index is 4.07. The summed E-state index contributed by atoms with van der Waals surface area (Å²) in [5, 5.41) is 9.59. The number of hydrogen-bond donors (Lipinski definition) is 2. The lowest BCUT2D eigenvalue weighted by atomic mass is 10.3. The number of carbonyl (C=O) groups is 1. The summed E-state index contributed by atoms with van der Waals surface area (Å²) in [4.78, 5) is 10.0. The summed E-state index contributed by atoms with van der Waals surface area (Å²) in [6.45, 7) is 1.61. The summed E-state index contributed by atoms with van der Waals surface area (Å²) in [6, 6.07) is 0. The van der Waals surface area contributed by atoms with Gasteiger partial charge < -0.3 is 10.7 Å². The molecule has 0 saturated heterocycles. The van der Waals surface area contributed by atoms with Crippen LogP contribution in [-0.2, 0) is 4.79 Å². The minimum absolute atomic E-state index is 0.367. The third kappa shape index (κ3) is 3.46. The highest BCUT2D eigenvalue weighted by Gasteiger charge is 1.87. The number of allylic oxidation sites excluding steroid dienone is 2. The third-order valence-electron chi connectivity index (χ3n) is 0.788. The van der Waals surface area contributed by atoms with Crippen LogP contribution in [0.3, 0.4) is 0 Å². The van der Waals surface area contributed by atoms with Crippen LogP contribution in [0, 0.1) is 5.41 Å². The molecule has 3 nitrogen and oxygen atoms in total. The van der Waals surface area contributed by atoms with Crippen molar-refractivity contribution in [1.29, 1.82) is 5.41 Å². The quantitative estimate of drug-likeness (QED) is 0.325. The molecule has 0 aliphatic carbocycles. The number of nitrogens with one attached hydrogen (secondary N) is 2. The smallest absolute Gasteiger partial charge is 0.165 e. The van der Waals surface area contributed by atoms with E-state index in [9.17, 15) is 4.79 Å². The molecule has 0 aromatic heterocycles. The molecule has 2 N–H and O–H groups in total. The molecule has 0 heterocycles. The summed E-state index contributed by atoms with van der Waals surface area (Å²) in [5.41, 5.74) is 0.800. The first-order valence-corrected chi connectivity index (χ1v) is 2.60. The molecule has 0 aliphatic rings. The first kappa shape index (κ1) is 7.88. The standard InChI is InChI=1S/C6H10N2O/c1-5(7)3-6(4-9)8-2/h3-4,7-8H,1-2H3/b6-3-,7-5?. The largest absolute Gasteiger partial charge is 0.385 e. The predicted octanol–water partition coefficient (Wildman–Crippen LogP) is 0.328. The maximum Gasteiger partial charge on any atom is 0.165 e. The molecule has 0 amide bonds. The number of rotatable bonds is 3. The zero-order chi connectivity index (χ0) is 7.28. The van der Waals surface area contributed by atoms with E-state index in [0.29, 0.717) is 17.7 Å². The van der Waals surface area contributed by atoms with E-state index >= 15 is 0 Å². The van der Waals surface area contributed by atoms with E-state index in [4.69, 9.17) is 5.41 Å². The molecule has 0 aromatic carbocycles. The van der Waals surface area contributed by atoms with Crippen molar-refractivity contribution in [3.63, 3.8) is 0 Å². The SMILES string of the molecule is CN/C(C=O)=C\C(C)=N. The van der Waals surface area contributed by atoms with E-state index in [0.717, 1.165) is 0 Å². The van der Waals surface area contributed by atoms with Gasteiger partial charge in [0.05, 0.1) is 5.70 Å². The summed E-state index contributed by atoms with van der Waals surface area (Å²) in [5.74, 6) is 0. The first-order chi connectivity index (χ1) is 4.20. The van der Waals surface area contributed by atoms with E-state index in [2.05, 4.69) is 5.32 Å². The Morgan fingerprint density at radius 2 is 2.22 bits per heavy atom. The molecule has 0 saturated carbocycles. The molecule has 0 aromatic rings. The molecule has 50 valence electrons. The lowest BCUT2D eigenvalue weighted by Gasteiger charge is -1.93. The van der Waals surface area contributed by atoms with Crippen molar-refractivity contribution in [2.75, 3.05) is 7.05 Å². The van der Waals surface area contributed by atoms with Gasteiger partial charge in [-0.25, -0.2) is 0 Å². The van der Waals surface area contributed by atoms with E-state index in [1.807, 2.05) is 0 Å². The molecule has 3 heteroatoms. The molecule has 9 heavy (non-hydrogen) atoms. The molecule has 0 atom stereocenters. The molecule has 0 bridgehead atoms. The van der Waals surface area contributed by atoms with Gasteiger partial charge in [0.25, 0.3) is 0 Å². The average Bonchev–Trinajstić information content (AvgIpc) is 1.82. The fourth-order valence-corrected chi connectivity index (χ4v) is 0.398. The Morgan fingerprint density at radius 1 is 1.67 bits per heavy atom. The maximum absolute atomic E-state index is 10.0. The fraction of sp³-hybridized carbons (Fsp3) is 0.333. The van der Waals surface area contributed by atoms with Crippen LogP contribution in [-0.4, -0.2) is 19.0 Å². The van der Waals surface area contributed by atoms with Crippen molar-refractivity contribution in [2.45, 2.75) is 6.92 Å². The lowest BCUT2D eigenvalue weighted by Crippen LogP contribution is -2.07. The molecule has 0 rings (SSSR count). The highest BCUT2D eigenvalue weighted by Crippen LogP contribution is 1.81. The Kier molecular flexibility index (Phi) is 3.35. The maximum atomic E-state index is 10.0. The summed E-state index contributed by atoms with van der Waals surface area (Å²) in [7, 11) is 1.64. The van der Waals surface area contributed by atoms with Gasteiger partial charge in [0.1, 0.15) is 0 Å². The number of hydrogen-bond acceptors (Lipinski definition) is 3. The zero-order valence-electron chi connectivity index (χ0n) is 5.56. The van der Waals surface area contributed by atoms with Crippen LogP contribution < -0.4 is 5.32 Å². The fourth-order valence-electron chi connectivity index (χ4n) is 0.398. The second-order valence-electron chi connectivity index (χ2n) is 1.65. The number of likely N-dealkylation sites (N-methyl/N-ethyl adjacent to an activating group) is 1. The van der Waals surface area contributed by atoms with E-state index in [-0.39, 0.29) is 0 Å². The molecular weight excluding hydrogens is 116 g/mol. The van der Waals surface area contributed by atoms with Gasteiger partial charge >= 0.3 is 0 Å². The van der Waals surface area contributed by atoms with E-state index < -0.39 is 0 Å². The van der Waals surface area contributed by atoms with Crippen LogP contribution in [0.4, 0.5) is 0 Å². The Bertz CT molecular complexity index is 149. The monoisotopic (exact) mass is 126 g/mol. The van der Waals surface area contributed by atoms with Gasteiger partial charge in [0.2, 0.25) is 0 Å². The highest BCUT2D eigenvalue weighted by molar-refractivity contribution is 5.94. The third-order valence-corrected chi connectivity index (χ3v) is 0.788. The van der Waals surface area contributed by atoms with Crippen molar-refractivity contribution >= 4 is 12.0 Å². The normalized spacial score (nSPS) is 10.7. The van der Waals surface area contributed by atoms with Crippen LogP contribution in [0.15, 0.2) is 11.8 Å². The second kappa shape index (κ2) is 3.83. The molecule has 0 aliphatic heterocycles. The van der Waals surface area contributed by atoms with Crippen LogP contribution in [0.2, 0.25) is 0 Å². The van der Waals surface area contributed by atoms with Crippen molar-refractivity contribution in [1.82, 2.24) is 5.32 Å². The Labute approximate surface area is 54.3 Å². The van der Waals surface area contributed by atoms with Crippen molar-refractivity contribution < 1.29 is 4.79 Å². The molecule has 0 fully saturated rings. The Hall–Kier alpha value is -1.12. The summed E-state index contributed by atoms with van der Waals surface area (Å²) < 4.78 is 0. The number of carbonyl (C=O) groups excluding carboxylic acids is 1. The van der Waals surface area contributed by atoms with Crippen LogP contribution in [0.25, 0.3) is 0 Å². The van der Waals surface area contributed by atoms with E-state index in [1.54, 1.807) is 14.0 Å². The van der Waals surface area contributed by atoms with Crippen LogP contribution >= 0.6 is 0 Å². The van der Waals surface area contributed by atoms with E-state index in [1.165, 1.54) is 6.08 Å². The zero-order valence-corrected chi connectivity index (χ0v) is 5.56. The molecule has 0 radical (unpaired) electrons. The molecule has 0 spiro atoms. The second-order valence-corrected chi connectivity index (χ2v) is 1.65. The molecular formula is C6H10N2O. The number of aldehydes is 1. The van der Waals surface area contributed by atoms with Gasteiger partial charge in [-0.3, -0.25) is 4.79 Å². The van der Waals surface area contributed by atoms with Crippen molar-refractivity contribution in [3.05, 3.63) is 11.8 Å². The highest BCUT2D eigenvalue weighted by atomic mass is 16.1. The summed E-state index contributed by atoms with van der Waals surface area (Å²) in [6.07, 6.45) is 2.14. The van der Waals surface area contributed by atoms with Gasteiger partial charge in [-0.05, 0) is 13.0 Å². The minimum Gasteiger partial charge on any atom is -0.385 e. The van der Waals surface area contributed by atoms with Crippen LogP contribution in [0.5, 0.6) is 0 Å². The average molecular weight is 126 g/mol. The van der Waals surface area contributed by atoms with Gasteiger partial charge in [0.15, 0.2) is 6.29 Å². The van der Waals surface area contributed by atoms with Crippen molar-refractivity contribution in [3.8, 4) is 0 Å². The minimum atomic E-state index is 0.367. The lowest BCUT2D eigenvalue weighted by molar-refractivity contribution is -0.105. The van der Waals surface area contributed by atoms with Gasteiger partial charge in [0, 0.05) is 12.8 Å². The predicted molar refractivity (Wildman–Crippen MR) is 36.6 cm³/mol. The summed E-state index contributed by atoms with van der Waals surface area (Å²) >= 11 is 0. The Morgan fingerprint density at radius 3 is 2.33 bits per heavy atom. The van der Waals surface area contributed by atoms with Gasteiger partial charge in [-0.1, -0.05) is 0 Å².